The first-order chi connectivity index (χ1) is 14.1. The molecule has 29 heavy (non-hydrogen) atoms. The molecule has 1 N–H and O–H groups in total. The number of rotatable bonds is 6. The van der Waals surface area contributed by atoms with Crippen LogP contribution in [0.5, 0.6) is 11.5 Å². The Labute approximate surface area is 171 Å². The van der Waals surface area contributed by atoms with Crippen molar-refractivity contribution in [3.8, 4) is 11.5 Å². The summed E-state index contributed by atoms with van der Waals surface area (Å²) in [4.78, 5) is 12.7. The SMILES string of the molecule is COc1cccc(Cn2nccc2NC(=O)c2cc3cc(Cl)ccc3o2)c1OC. The molecule has 2 aromatic carbocycles. The summed E-state index contributed by atoms with van der Waals surface area (Å²) in [6.45, 7) is 0.388. The molecule has 0 aliphatic carbocycles. The molecule has 7 nitrogen and oxygen atoms in total. The quantitative estimate of drug-likeness (QED) is 0.501. The number of methoxy groups -OCH3 is 2. The summed E-state index contributed by atoms with van der Waals surface area (Å²) in [6.07, 6.45) is 1.61. The van der Waals surface area contributed by atoms with Crippen LogP contribution in [0.25, 0.3) is 11.0 Å². The van der Waals surface area contributed by atoms with Gasteiger partial charge in [-0.05, 0) is 30.3 Å². The fourth-order valence-electron chi connectivity index (χ4n) is 3.11. The van der Waals surface area contributed by atoms with Gasteiger partial charge in [0.2, 0.25) is 0 Å². The minimum absolute atomic E-state index is 0.189. The Morgan fingerprint density at radius 3 is 2.83 bits per heavy atom. The van der Waals surface area contributed by atoms with E-state index in [1.807, 2.05) is 18.2 Å². The van der Waals surface area contributed by atoms with Gasteiger partial charge in [-0.15, -0.1) is 0 Å². The van der Waals surface area contributed by atoms with Gasteiger partial charge in [0.05, 0.1) is 27.0 Å². The Hall–Kier alpha value is -3.45. The largest absolute Gasteiger partial charge is 0.493 e. The van der Waals surface area contributed by atoms with Crippen molar-refractivity contribution in [3.63, 3.8) is 0 Å². The normalized spacial score (nSPS) is 10.9. The lowest BCUT2D eigenvalue weighted by Crippen LogP contribution is -2.16. The second-order valence-electron chi connectivity index (χ2n) is 6.27. The molecule has 0 atom stereocenters. The number of nitrogens with zero attached hydrogens (tertiary/aromatic N) is 2. The van der Waals surface area contributed by atoms with E-state index in [1.165, 1.54) is 0 Å². The second-order valence-corrected chi connectivity index (χ2v) is 6.71. The molecule has 2 heterocycles. The lowest BCUT2D eigenvalue weighted by Gasteiger charge is -2.14. The third-order valence-corrected chi connectivity index (χ3v) is 4.70. The van der Waals surface area contributed by atoms with Crippen LogP contribution in [0, 0.1) is 0 Å². The molecular weight excluding hydrogens is 394 g/mol. The lowest BCUT2D eigenvalue weighted by molar-refractivity contribution is 0.0997. The number of benzene rings is 2. The molecule has 148 valence electrons. The van der Waals surface area contributed by atoms with Crippen LogP contribution in [0.3, 0.4) is 0 Å². The van der Waals surface area contributed by atoms with Gasteiger partial charge in [-0.3, -0.25) is 4.79 Å². The zero-order valence-corrected chi connectivity index (χ0v) is 16.6. The fraction of sp³-hybridized carbons (Fsp3) is 0.143. The summed E-state index contributed by atoms with van der Waals surface area (Å²) >= 11 is 5.99. The number of fused-ring (bicyclic) bond motifs is 1. The summed E-state index contributed by atoms with van der Waals surface area (Å²) < 4.78 is 18.1. The Kier molecular flexibility index (Phi) is 5.14. The molecule has 0 aliphatic heterocycles. The summed E-state index contributed by atoms with van der Waals surface area (Å²) in [6, 6.07) is 14.2. The van der Waals surface area contributed by atoms with Gasteiger partial charge in [0.1, 0.15) is 11.4 Å². The third kappa shape index (κ3) is 3.77. The van der Waals surface area contributed by atoms with Crippen LogP contribution < -0.4 is 14.8 Å². The van der Waals surface area contributed by atoms with Gasteiger partial charge in [-0.2, -0.15) is 5.10 Å². The monoisotopic (exact) mass is 411 g/mol. The Morgan fingerprint density at radius 1 is 1.17 bits per heavy atom. The van der Waals surface area contributed by atoms with E-state index in [2.05, 4.69) is 10.4 Å². The molecule has 1 amide bonds. The number of hydrogen-bond acceptors (Lipinski definition) is 5. The lowest BCUT2D eigenvalue weighted by atomic mass is 10.2. The average Bonchev–Trinajstić information content (AvgIpc) is 3.34. The van der Waals surface area contributed by atoms with Gasteiger partial charge >= 0.3 is 0 Å². The van der Waals surface area contributed by atoms with Gasteiger partial charge in [0.25, 0.3) is 5.91 Å². The standard InChI is InChI=1S/C21H18ClN3O4/c1-27-17-5-3-4-13(20(17)28-2)12-25-19(8-9-23-25)24-21(26)18-11-14-10-15(22)6-7-16(14)29-18/h3-11H,12H2,1-2H3,(H,24,26). The molecule has 0 unspecified atom stereocenters. The summed E-state index contributed by atoms with van der Waals surface area (Å²) in [5.74, 6) is 1.59. The van der Waals surface area contributed by atoms with Crippen molar-refractivity contribution in [2.45, 2.75) is 6.54 Å². The molecule has 0 saturated carbocycles. The molecule has 4 rings (SSSR count). The predicted molar refractivity (Wildman–Crippen MR) is 110 cm³/mol. The molecule has 0 bridgehead atoms. The molecule has 2 aromatic heterocycles. The van der Waals surface area contributed by atoms with Gasteiger partial charge in [0.15, 0.2) is 17.3 Å². The van der Waals surface area contributed by atoms with Crippen LogP contribution in [0.4, 0.5) is 5.82 Å². The number of amides is 1. The van der Waals surface area contributed by atoms with E-state index in [4.69, 9.17) is 25.5 Å². The maximum absolute atomic E-state index is 12.7. The number of hydrogen-bond donors (Lipinski definition) is 1. The van der Waals surface area contributed by atoms with Gasteiger partial charge < -0.3 is 19.2 Å². The molecule has 0 spiro atoms. The zero-order chi connectivity index (χ0) is 20.4. The number of carbonyl (C=O) groups excluding carboxylic acids is 1. The number of nitrogens with one attached hydrogen (secondary N) is 1. The minimum Gasteiger partial charge on any atom is -0.493 e. The molecule has 0 aliphatic rings. The second kappa shape index (κ2) is 7.89. The molecule has 4 aromatic rings. The summed E-state index contributed by atoms with van der Waals surface area (Å²) in [5, 5.41) is 8.47. The van der Waals surface area contributed by atoms with Crippen LogP contribution >= 0.6 is 11.6 Å². The van der Waals surface area contributed by atoms with Gasteiger partial charge in [-0.1, -0.05) is 23.7 Å². The average molecular weight is 412 g/mol. The topological polar surface area (TPSA) is 78.5 Å². The van der Waals surface area contributed by atoms with Crippen LogP contribution in [-0.4, -0.2) is 29.9 Å². The van der Waals surface area contributed by atoms with Crippen molar-refractivity contribution in [2.24, 2.45) is 0 Å². The van der Waals surface area contributed by atoms with E-state index in [1.54, 1.807) is 55.4 Å². The molecule has 0 radical (unpaired) electrons. The van der Waals surface area contributed by atoms with Crippen LogP contribution in [-0.2, 0) is 6.54 Å². The maximum Gasteiger partial charge on any atom is 0.292 e. The van der Waals surface area contributed by atoms with Crippen molar-refractivity contribution < 1.29 is 18.7 Å². The van der Waals surface area contributed by atoms with E-state index in [-0.39, 0.29) is 11.7 Å². The van der Waals surface area contributed by atoms with Crippen molar-refractivity contribution in [2.75, 3.05) is 19.5 Å². The van der Waals surface area contributed by atoms with Crippen molar-refractivity contribution in [1.29, 1.82) is 0 Å². The summed E-state index contributed by atoms with van der Waals surface area (Å²) in [7, 11) is 3.17. The zero-order valence-electron chi connectivity index (χ0n) is 15.8. The van der Waals surface area contributed by atoms with Crippen LogP contribution in [0.15, 0.2) is 59.1 Å². The molecule has 0 fully saturated rings. The van der Waals surface area contributed by atoms with Gasteiger partial charge in [-0.25, -0.2) is 4.68 Å². The first kappa shape index (κ1) is 18.9. The first-order valence-electron chi connectivity index (χ1n) is 8.81. The number of ether oxygens (including phenoxy) is 2. The number of para-hydroxylation sites is 1. The number of halogens is 1. The molecular formula is C21H18ClN3O4. The van der Waals surface area contributed by atoms with Crippen molar-refractivity contribution in [1.82, 2.24) is 9.78 Å². The first-order valence-corrected chi connectivity index (χ1v) is 9.19. The van der Waals surface area contributed by atoms with Crippen molar-refractivity contribution >= 4 is 34.3 Å². The predicted octanol–water partition coefficient (Wildman–Crippen LogP) is 4.60. The van der Waals surface area contributed by atoms with Crippen LogP contribution in [0.1, 0.15) is 16.1 Å². The van der Waals surface area contributed by atoms with Crippen molar-refractivity contribution in [3.05, 3.63) is 71.1 Å². The highest BCUT2D eigenvalue weighted by Crippen LogP contribution is 2.31. The molecule has 8 heteroatoms. The van der Waals surface area contributed by atoms with Crippen LogP contribution in [0.2, 0.25) is 5.02 Å². The highest BCUT2D eigenvalue weighted by Gasteiger charge is 2.16. The third-order valence-electron chi connectivity index (χ3n) is 4.46. The Morgan fingerprint density at radius 2 is 2.03 bits per heavy atom. The maximum atomic E-state index is 12.7. The number of carbonyl (C=O) groups is 1. The van der Waals surface area contributed by atoms with E-state index in [9.17, 15) is 4.79 Å². The highest BCUT2D eigenvalue weighted by atomic mass is 35.5. The van der Waals surface area contributed by atoms with E-state index < -0.39 is 0 Å². The Bertz CT molecular complexity index is 1180. The number of aromatic nitrogens is 2. The summed E-state index contributed by atoms with van der Waals surface area (Å²) in [5.41, 5.74) is 1.46. The number of furan rings is 1. The van der Waals surface area contributed by atoms with Gasteiger partial charge in [0, 0.05) is 22.0 Å². The fourth-order valence-corrected chi connectivity index (χ4v) is 3.29. The molecule has 0 saturated heterocycles. The smallest absolute Gasteiger partial charge is 0.292 e. The highest BCUT2D eigenvalue weighted by molar-refractivity contribution is 6.31. The van der Waals surface area contributed by atoms with E-state index >= 15 is 0 Å². The van der Waals surface area contributed by atoms with E-state index in [0.29, 0.717) is 34.5 Å². The number of anilines is 1. The minimum atomic E-state index is -0.378. The Balaban J connectivity index is 1.57. The van der Waals surface area contributed by atoms with E-state index in [0.717, 1.165) is 10.9 Å².